The van der Waals surface area contributed by atoms with Crippen LogP contribution >= 0.6 is 0 Å². The molecule has 0 aromatic heterocycles. The summed E-state index contributed by atoms with van der Waals surface area (Å²) in [7, 11) is 0.692. The third-order valence-electron chi connectivity index (χ3n) is 4.81. The molecule has 2 aliphatic rings. The Balaban J connectivity index is 1.99. The lowest BCUT2D eigenvalue weighted by Crippen LogP contribution is -2.53. The number of carbonyl (C=O) groups is 1. The number of rotatable bonds is 6. The van der Waals surface area contributed by atoms with Crippen LogP contribution in [0.25, 0.3) is 0 Å². The molecule has 2 fully saturated rings. The molecular formula is C12H23BN2O4. The quantitative estimate of drug-likeness (QED) is 0.486. The summed E-state index contributed by atoms with van der Waals surface area (Å²) in [6.45, 7) is 1.72. The fourth-order valence-corrected chi connectivity index (χ4v) is 3.76. The van der Waals surface area contributed by atoms with Gasteiger partial charge in [-0.2, -0.15) is 0 Å². The average Bonchev–Trinajstić information content (AvgIpc) is 2.90. The third-order valence-corrected chi connectivity index (χ3v) is 4.81. The Morgan fingerprint density at radius 3 is 2.95 bits per heavy atom. The predicted octanol–water partition coefficient (Wildman–Crippen LogP) is -0.469. The zero-order valence-corrected chi connectivity index (χ0v) is 11.3. The van der Waals surface area contributed by atoms with E-state index in [0.717, 1.165) is 25.9 Å². The zero-order chi connectivity index (χ0) is 14.0. The van der Waals surface area contributed by atoms with Crippen LogP contribution in [0.3, 0.4) is 0 Å². The number of carboxylic acid groups (broad SMARTS) is 1. The van der Waals surface area contributed by atoms with Crippen molar-refractivity contribution in [3.63, 3.8) is 0 Å². The highest BCUT2D eigenvalue weighted by Crippen LogP contribution is 2.47. The van der Waals surface area contributed by atoms with Crippen molar-refractivity contribution in [3.8, 4) is 0 Å². The summed E-state index contributed by atoms with van der Waals surface area (Å²) in [5.74, 6) is -0.188. The van der Waals surface area contributed by atoms with E-state index in [0.29, 0.717) is 24.6 Å². The van der Waals surface area contributed by atoms with Gasteiger partial charge in [-0.15, -0.1) is 0 Å². The van der Waals surface area contributed by atoms with Gasteiger partial charge in [0.1, 0.15) is 5.54 Å². The molecule has 108 valence electrons. The molecular weight excluding hydrogens is 247 g/mol. The summed E-state index contributed by atoms with van der Waals surface area (Å²) in [6.07, 6.45) is 2.53. The van der Waals surface area contributed by atoms with Gasteiger partial charge in [0.05, 0.1) is 0 Å². The molecule has 1 aliphatic carbocycles. The molecule has 0 aromatic rings. The van der Waals surface area contributed by atoms with Gasteiger partial charge in [-0.25, -0.2) is 0 Å². The van der Waals surface area contributed by atoms with Gasteiger partial charge < -0.3 is 25.8 Å². The number of hydrogen-bond donors (Lipinski definition) is 4. The Hall–Kier alpha value is -0.625. The van der Waals surface area contributed by atoms with Gasteiger partial charge in [0.25, 0.3) is 0 Å². The minimum absolute atomic E-state index is 0.0194. The second kappa shape index (κ2) is 5.79. The molecule has 5 N–H and O–H groups in total. The number of nitrogens with two attached hydrogens (primary N) is 1. The Morgan fingerprint density at radius 1 is 1.58 bits per heavy atom. The van der Waals surface area contributed by atoms with Gasteiger partial charge in [-0.3, -0.25) is 4.79 Å². The van der Waals surface area contributed by atoms with Crippen LogP contribution < -0.4 is 11.1 Å². The number of nitrogens with one attached hydrogen (secondary N) is 1. The molecule has 1 aliphatic heterocycles. The maximum absolute atomic E-state index is 11.5. The van der Waals surface area contributed by atoms with Gasteiger partial charge in [-0.1, -0.05) is 6.42 Å². The first-order chi connectivity index (χ1) is 8.99. The monoisotopic (exact) mass is 270 g/mol. The van der Waals surface area contributed by atoms with Crippen molar-refractivity contribution in [1.82, 2.24) is 5.32 Å². The molecule has 0 radical (unpaired) electrons. The Kier molecular flexibility index (Phi) is 4.50. The summed E-state index contributed by atoms with van der Waals surface area (Å²) < 4.78 is 4.80. The lowest BCUT2D eigenvalue weighted by atomic mass is 9.76. The van der Waals surface area contributed by atoms with E-state index in [1.165, 1.54) is 7.11 Å². The molecule has 0 aromatic carbocycles. The highest BCUT2D eigenvalue weighted by atomic mass is 16.5. The molecule has 2 unspecified atom stereocenters. The van der Waals surface area contributed by atoms with Gasteiger partial charge >= 0.3 is 13.1 Å². The van der Waals surface area contributed by atoms with Crippen molar-refractivity contribution in [1.29, 1.82) is 0 Å². The Morgan fingerprint density at radius 2 is 2.32 bits per heavy atom. The first-order valence-corrected chi connectivity index (χ1v) is 6.93. The Bertz CT molecular complexity index is 344. The first-order valence-electron chi connectivity index (χ1n) is 6.93. The smallest absolute Gasteiger partial charge is 0.453 e. The van der Waals surface area contributed by atoms with Gasteiger partial charge in [0.15, 0.2) is 0 Å². The molecule has 0 bridgehead atoms. The van der Waals surface area contributed by atoms with Crippen molar-refractivity contribution in [2.24, 2.45) is 23.5 Å². The topological polar surface area (TPSA) is 105 Å². The molecule has 6 nitrogen and oxygen atoms in total. The van der Waals surface area contributed by atoms with Crippen LogP contribution in [0.1, 0.15) is 19.3 Å². The van der Waals surface area contributed by atoms with Crippen LogP contribution in [0, 0.1) is 17.8 Å². The van der Waals surface area contributed by atoms with Crippen LogP contribution in [0.2, 0.25) is 6.32 Å². The minimum Gasteiger partial charge on any atom is -0.480 e. The summed E-state index contributed by atoms with van der Waals surface area (Å²) in [5, 5.41) is 22.1. The summed E-state index contributed by atoms with van der Waals surface area (Å²) >= 11 is 0. The van der Waals surface area contributed by atoms with Crippen LogP contribution in [-0.2, 0) is 9.45 Å². The van der Waals surface area contributed by atoms with Crippen LogP contribution in [0.4, 0.5) is 0 Å². The number of fused-ring (bicyclic) bond motifs is 1. The predicted molar refractivity (Wildman–Crippen MR) is 71.5 cm³/mol. The van der Waals surface area contributed by atoms with Crippen molar-refractivity contribution < 1.29 is 19.6 Å². The normalized spacial score (nSPS) is 37.3. The van der Waals surface area contributed by atoms with Gasteiger partial charge in [0.2, 0.25) is 0 Å². The van der Waals surface area contributed by atoms with Crippen LogP contribution in [-0.4, -0.2) is 49.0 Å². The largest absolute Gasteiger partial charge is 0.480 e. The standard InChI is InChI=1S/C12H23BN2O4/c1-19-13(18)4-2-3-10-9-7-15-6-8(9)5-12(10,14)11(16)17/h8-10,15,18H,2-7,14H2,1H3,(H,16,17)/t8?,9?,10-,12-/m0/s1. The molecule has 4 atom stereocenters. The maximum Gasteiger partial charge on any atom is 0.453 e. The fourth-order valence-electron chi connectivity index (χ4n) is 3.76. The van der Waals surface area contributed by atoms with E-state index in [2.05, 4.69) is 5.32 Å². The van der Waals surface area contributed by atoms with E-state index in [4.69, 9.17) is 10.4 Å². The van der Waals surface area contributed by atoms with E-state index < -0.39 is 18.6 Å². The summed E-state index contributed by atoms with van der Waals surface area (Å²) in [5.41, 5.74) is 5.06. The molecule has 1 saturated heterocycles. The van der Waals surface area contributed by atoms with Gasteiger partial charge in [0, 0.05) is 7.11 Å². The highest BCUT2D eigenvalue weighted by molar-refractivity contribution is 6.42. The lowest BCUT2D eigenvalue weighted by Gasteiger charge is -2.30. The molecule has 7 heteroatoms. The van der Waals surface area contributed by atoms with Crippen molar-refractivity contribution in [2.75, 3.05) is 20.2 Å². The SMILES string of the molecule is COB(O)CCC[C@H]1C2CNCC2C[C@@]1(N)C(=O)O. The first kappa shape index (κ1) is 14.8. The van der Waals surface area contributed by atoms with Crippen molar-refractivity contribution in [2.45, 2.75) is 31.1 Å². The number of aliphatic carboxylic acids is 1. The molecule has 1 heterocycles. The second-order valence-electron chi connectivity index (χ2n) is 5.86. The molecule has 19 heavy (non-hydrogen) atoms. The highest BCUT2D eigenvalue weighted by Gasteiger charge is 2.56. The fraction of sp³-hybridized carbons (Fsp3) is 0.917. The average molecular weight is 270 g/mol. The maximum atomic E-state index is 11.5. The van der Waals surface area contributed by atoms with E-state index >= 15 is 0 Å². The second-order valence-corrected chi connectivity index (χ2v) is 5.86. The summed E-state index contributed by atoms with van der Waals surface area (Å²) in [6, 6.07) is 0. The molecule has 0 spiro atoms. The van der Waals surface area contributed by atoms with Crippen molar-refractivity contribution >= 4 is 13.1 Å². The minimum atomic E-state index is -1.10. The molecule has 2 rings (SSSR count). The Labute approximate surface area is 113 Å². The number of carboxylic acids is 1. The van der Waals surface area contributed by atoms with E-state index in [9.17, 15) is 14.9 Å². The molecule has 1 saturated carbocycles. The van der Waals surface area contributed by atoms with Crippen LogP contribution in [0.15, 0.2) is 0 Å². The zero-order valence-electron chi connectivity index (χ0n) is 11.3. The van der Waals surface area contributed by atoms with Gasteiger partial charge in [-0.05, 0) is 50.0 Å². The third kappa shape index (κ3) is 2.79. The lowest BCUT2D eigenvalue weighted by molar-refractivity contribution is -0.145. The van der Waals surface area contributed by atoms with E-state index in [-0.39, 0.29) is 5.92 Å². The summed E-state index contributed by atoms with van der Waals surface area (Å²) in [4.78, 5) is 11.5. The van der Waals surface area contributed by atoms with Crippen LogP contribution in [0.5, 0.6) is 0 Å². The van der Waals surface area contributed by atoms with E-state index in [1.54, 1.807) is 0 Å². The number of hydrogen-bond acceptors (Lipinski definition) is 5. The molecule has 0 amide bonds. The van der Waals surface area contributed by atoms with E-state index in [1.807, 2.05) is 0 Å². The van der Waals surface area contributed by atoms with Crippen molar-refractivity contribution in [3.05, 3.63) is 0 Å².